The van der Waals surface area contributed by atoms with Gasteiger partial charge in [-0.05, 0) is 43.3 Å². The van der Waals surface area contributed by atoms with Crippen LogP contribution in [0, 0.1) is 6.92 Å². The average molecular weight is 305 g/mol. The minimum absolute atomic E-state index is 0.188. The summed E-state index contributed by atoms with van der Waals surface area (Å²) in [5.74, 6) is 0. The molecule has 2 aromatic rings. The molecule has 0 saturated heterocycles. The molecule has 0 aliphatic heterocycles. The van der Waals surface area contributed by atoms with Crippen molar-refractivity contribution in [1.29, 1.82) is 0 Å². The normalized spacial score (nSPS) is 11.5. The van der Waals surface area contributed by atoms with Crippen LogP contribution in [0.4, 0.5) is 0 Å². The van der Waals surface area contributed by atoms with Gasteiger partial charge in [0.15, 0.2) is 0 Å². The van der Waals surface area contributed by atoms with Crippen molar-refractivity contribution in [3.8, 4) is 0 Å². The summed E-state index contributed by atoms with van der Waals surface area (Å²) in [7, 11) is -1.67. The van der Waals surface area contributed by atoms with Crippen LogP contribution in [0.1, 0.15) is 16.8 Å². The number of hydrogen-bond donors (Lipinski definition) is 2. The molecular weight excluding hydrogens is 286 g/mol. The number of aryl methyl sites for hydroxylation is 1. The van der Waals surface area contributed by atoms with Gasteiger partial charge >= 0.3 is 0 Å². The Balaban J connectivity index is 2.09. The molecular formula is C15H19N3O2S. The topological polar surface area (TPSA) is 71.1 Å². The standard InChI is InChI=1S/C15H19N3O2S/c1-12-4-3-9-17-15(12)11-18-21(19,20)14-7-5-13(6-8-14)10-16-2/h3-9,16,18H,10-11H2,1-2H3. The van der Waals surface area contributed by atoms with Crippen LogP contribution in [0.3, 0.4) is 0 Å². The predicted octanol–water partition coefficient (Wildman–Crippen LogP) is 1.59. The van der Waals surface area contributed by atoms with E-state index in [1.165, 1.54) is 0 Å². The van der Waals surface area contributed by atoms with Crippen molar-refractivity contribution in [2.45, 2.75) is 24.9 Å². The van der Waals surface area contributed by atoms with Gasteiger partial charge in [0, 0.05) is 12.7 Å². The molecule has 1 heterocycles. The summed E-state index contributed by atoms with van der Waals surface area (Å²) >= 11 is 0. The Labute approximate surface area is 125 Å². The summed E-state index contributed by atoms with van der Waals surface area (Å²) in [6.45, 7) is 2.80. The van der Waals surface area contributed by atoms with Gasteiger partial charge in [0.2, 0.25) is 10.0 Å². The molecule has 112 valence electrons. The highest BCUT2D eigenvalue weighted by Crippen LogP contribution is 2.11. The summed E-state index contributed by atoms with van der Waals surface area (Å²) in [4.78, 5) is 4.44. The third-order valence-electron chi connectivity index (χ3n) is 3.16. The monoisotopic (exact) mass is 305 g/mol. The summed E-state index contributed by atoms with van der Waals surface area (Å²) in [6, 6.07) is 10.6. The minimum Gasteiger partial charge on any atom is -0.316 e. The smallest absolute Gasteiger partial charge is 0.240 e. The highest BCUT2D eigenvalue weighted by atomic mass is 32.2. The van der Waals surface area contributed by atoms with E-state index < -0.39 is 10.0 Å². The third kappa shape index (κ3) is 4.10. The van der Waals surface area contributed by atoms with Crippen LogP contribution in [-0.4, -0.2) is 20.4 Å². The zero-order valence-electron chi connectivity index (χ0n) is 12.1. The number of nitrogens with one attached hydrogen (secondary N) is 2. The fourth-order valence-corrected chi connectivity index (χ4v) is 2.93. The molecule has 0 amide bonds. The van der Waals surface area contributed by atoms with E-state index >= 15 is 0 Å². The van der Waals surface area contributed by atoms with E-state index in [1.807, 2.05) is 26.1 Å². The highest BCUT2D eigenvalue weighted by molar-refractivity contribution is 7.89. The minimum atomic E-state index is -3.52. The summed E-state index contributed by atoms with van der Waals surface area (Å²) in [5, 5.41) is 3.02. The molecule has 1 aromatic carbocycles. The molecule has 0 radical (unpaired) electrons. The van der Waals surface area contributed by atoms with Gasteiger partial charge in [-0.25, -0.2) is 13.1 Å². The van der Waals surface area contributed by atoms with Crippen LogP contribution in [0.5, 0.6) is 0 Å². The van der Waals surface area contributed by atoms with Crippen LogP contribution in [0.15, 0.2) is 47.5 Å². The van der Waals surface area contributed by atoms with Gasteiger partial charge in [-0.15, -0.1) is 0 Å². The maximum Gasteiger partial charge on any atom is 0.240 e. The van der Waals surface area contributed by atoms with Crippen molar-refractivity contribution in [2.75, 3.05) is 7.05 Å². The first-order chi connectivity index (χ1) is 10.0. The number of aromatic nitrogens is 1. The predicted molar refractivity (Wildman–Crippen MR) is 82.2 cm³/mol. The third-order valence-corrected chi connectivity index (χ3v) is 4.58. The summed E-state index contributed by atoms with van der Waals surface area (Å²) in [6.07, 6.45) is 1.66. The lowest BCUT2D eigenvalue weighted by Crippen LogP contribution is -2.24. The lowest BCUT2D eigenvalue weighted by Gasteiger charge is -2.09. The van der Waals surface area contributed by atoms with Crippen molar-refractivity contribution < 1.29 is 8.42 Å². The van der Waals surface area contributed by atoms with Gasteiger partial charge in [-0.2, -0.15) is 0 Å². The number of nitrogens with zero attached hydrogens (tertiary/aromatic N) is 1. The fourth-order valence-electron chi connectivity index (χ4n) is 1.94. The Kier molecular flexibility index (Phi) is 5.06. The second-order valence-electron chi connectivity index (χ2n) is 4.77. The molecule has 0 bridgehead atoms. The van der Waals surface area contributed by atoms with E-state index in [4.69, 9.17) is 0 Å². The zero-order chi connectivity index (χ0) is 15.3. The Morgan fingerprint density at radius 2 is 1.81 bits per heavy atom. The lowest BCUT2D eigenvalue weighted by atomic mass is 10.2. The van der Waals surface area contributed by atoms with E-state index in [2.05, 4.69) is 15.0 Å². The first kappa shape index (κ1) is 15.6. The summed E-state index contributed by atoms with van der Waals surface area (Å²) in [5.41, 5.74) is 2.73. The number of sulfonamides is 1. The molecule has 0 aliphatic carbocycles. The number of pyridine rings is 1. The summed E-state index contributed by atoms with van der Waals surface area (Å²) < 4.78 is 27.0. The molecule has 0 aliphatic rings. The van der Waals surface area contributed by atoms with E-state index in [0.29, 0.717) is 6.54 Å². The average Bonchev–Trinajstić information content (AvgIpc) is 2.47. The first-order valence-corrected chi connectivity index (χ1v) is 8.15. The van der Waals surface area contributed by atoms with Crippen molar-refractivity contribution >= 4 is 10.0 Å². The molecule has 1 aromatic heterocycles. The van der Waals surface area contributed by atoms with E-state index in [9.17, 15) is 8.42 Å². The number of benzene rings is 1. The Bertz CT molecular complexity index is 697. The maximum absolute atomic E-state index is 12.2. The van der Waals surface area contributed by atoms with Crippen LogP contribution < -0.4 is 10.0 Å². The van der Waals surface area contributed by atoms with Gasteiger partial charge in [0.05, 0.1) is 17.1 Å². The fraction of sp³-hybridized carbons (Fsp3) is 0.267. The second kappa shape index (κ2) is 6.80. The quantitative estimate of drug-likeness (QED) is 0.850. The van der Waals surface area contributed by atoms with Crippen molar-refractivity contribution in [1.82, 2.24) is 15.0 Å². The van der Waals surface area contributed by atoms with Gasteiger partial charge in [-0.1, -0.05) is 18.2 Å². The largest absolute Gasteiger partial charge is 0.316 e. The van der Waals surface area contributed by atoms with Crippen LogP contribution in [-0.2, 0) is 23.1 Å². The van der Waals surface area contributed by atoms with Gasteiger partial charge in [-0.3, -0.25) is 4.98 Å². The van der Waals surface area contributed by atoms with Crippen LogP contribution in [0.2, 0.25) is 0 Å². The van der Waals surface area contributed by atoms with E-state index in [0.717, 1.165) is 16.8 Å². The second-order valence-corrected chi connectivity index (χ2v) is 6.53. The SMILES string of the molecule is CNCc1ccc(S(=O)(=O)NCc2ncccc2C)cc1. The molecule has 0 unspecified atom stereocenters. The highest BCUT2D eigenvalue weighted by Gasteiger charge is 2.14. The van der Waals surface area contributed by atoms with Gasteiger partial charge in [0.25, 0.3) is 0 Å². The molecule has 6 heteroatoms. The van der Waals surface area contributed by atoms with E-state index in [1.54, 1.807) is 30.5 Å². The Morgan fingerprint density at radius 1 is 1.10 bits per heavy atom. The molecule has 5 nitrogen and oxygen atoms in total. The Morgan fingerprint density at radius 3 is 2.43 bits per heavy atom. The molecule has 0 atom stereocenters. The molecule has 0 saturated carbocycles. The number of hydrogen-bond acceptors (Lipinski definition) is 4. The molecule has 0 fully saturated rings. The molecule has 0 spiro atoms. The van der Waals surface area contributed by atoms with E-state index in [-0.39, 0.29) is 11.4 Å². The van der Waals surface area contributed by atoms with Crippen molar-refractivity contribution in [3.05, 3.63) is 59.4 Å². The van der Waals surface area contributed by atoms with Crippen LogP contribution >= 0.6 is 0 Å². The zero-order valence-corrected chi connectivity index (χ0v) is 12.9. The van der Waals surface area contributed by atoms with Crippen LogP contribution in [0.25, 0.3) is 0 Å². The lowest BCUT2D eigenvalue weighted by molar-refractivity contribution is 0.580. The van der Waals surface area contributed by atoms with Gasteiger partial charge in [0.1, 0.15) is 0 Å². The van der Waals surface area contributed by atoms with Crippen molar-refractivity contribution in [3.63, 3.8) is 0 Å². The molecule has 2 N–H and O–H groups in total. The maximum atomic E-state index is 12.2. The van der Waals surface area contributed by atoms with Crippen molar-refractivity contribution in [2.24, 2.45) is 0 Å². The Hall–Kier alpha value is -1.76. The van der Waals surface area contributed by atoms with Gasteiger partial charge < -0.3 is 5.32 Å². The first-order valence-electron chi connectivity index (χ1n) is 6.66. The molecule has 2 rings (SSSR count). The molecule has 21 heavy (non-hydrogen) atoms. The number of rotatable bonds is 6.